The molecule has 0 spiro atoms. The quantitative estimate of drug-likeness (QED) is 0.705. The van der Waals surface area contributed by atoms with Gasteiger partial charge in [-0.3, -0.25) is 9.59 Å². The molecule has 2 amide bonds. The second-order valence-corrected chi connectivity index (χ2v) is 6.62. The Balaban J connectivity index is 1.99. The fourth-order valence-corrected chi connectivity index (χ4v) is 3.33. The van der Waals surface area contributed by atoms with E-state index in [9.17, 15) is 14.7 Å². The Morgan fingerprint density at radius 2 is 2.04 bits per heavy atom. The van der Waals surface area contributed by atoms with E-state index in [1.54, 1.807) is 31.2 Å². The Morgan fingerprint density at radius 1 is 1.36 bits per heavy atom. The molecule has 0 heterocycles. The molecular formula is C19H28N2O4. The van der Waals surface area contributed by atoms with Gasteiger partial charge in [-0.25, -0.2) is 0 Å². The number of aliphatic hydroxyl groups is 1. The molecule has 1 aliphatic rings. The van der Waals surface area contributed by atoms with E-state index in [0.29, 0.717) is 30.3 Å². The van der Waals surface area contributed by atoms with Crippen LogP contribution < -0.4 is 15.0 Å². The zero-order chi connectivity index (χ0) is 18.2. The smallest absolute Gasteiger partial charge is 0.251 e. The molecule has 6 heteroatoms. The number of amides is 2. The largest absolute Gasteiger partial charge is 0.495 e. The summed E-state index contributed by atoms with van der Waals surface area (Å²) in [6.07, 6.45) is 5.20. The fourth-order valence-electron chi connectivity index (χ4n) is 3.33. The Kier molecular flexibility index (Phi) is 7.25. The van der Waals surface area contributed by atoms with Crippen molar-refractivity contribution in [3.63, 3.8) is 0 Å². The van der Waals surface area contributed by atoms with Gasteiger partial charge in [0.15, 0.2) is 6.10 Å². The van der Waals surface area contributed by atoms with Gasteiger partial charge in [0, 0.05) is 6.54 Å². The van der Waals surface area contributed by atoms with Crippen LogP contribution in [0.15, 0.2) is 24.3 Å². The lowest BCUT2D eigenvalue weighted by molar-refractivity contribution is -0.130. The number of para-hydroxylation sites is 2. The first-order chi connectivity index (χ1) is 12.1. The van der Waals surface area contributed by atoms with Crippen molar-refractivity contribution in [1.82, 2.24) is 5.32 Å². The normalized spacial score (nSPS) is 17.4. The van der Waals surface area contributed by atoms with Crippen LogP contribution in [-0.2, 0) is 9.59 Å². The number of anilines is 1. The van der Waals surface area contributed by atoms with Gasteiger partial charge in [-0.2, -0.15) is 0 Å². The molecule has 1 aromatic rings. The van der Waals surface area contributed by atoms with E-state index in [-0.39, 0.29) is 0 Å². The van der Waals surface area contributed by atoms with Gasteiger partial charge in [0.1, 0.15) is 5.75 Å². The maximum atomic E-state index is 12.3. The summed E-state index contributed by atoms with van der Waals surface area (Å²) in [4.78, 5) is 25.2. The second kappa shape index (κ2) is 9.42. The van der Waals surface area contributed by atoms with Crippen molar-refractivity contribution >= 4 is 18.0 Å². The van der Waals surface area contributed by atoms with Gasteiger partial charge in [-0.15, -0.1) is 0 Å². The van der Waals surface area contributed by atoms with E-state index in [1.807, 2.05) is 0 Å². The first-order valence-corrected chi connectivity index (χ1v) is 8.91. The third-order valence-electron chi connectivity index (χ3n) is 4.93. The summed E-state index contributed by atoms with van der Waals surface area (Å²) in [6, 6.07) is 6.31. The molecule has 0 saturated heterocycles. The first-order valence-electron chi connectivity index (χ1n) is 8.91. The number of nitrogens with one attached hydrogen (secondary N) is 1. The van der Waals surface area contributed by atoms with Gasteiger partial charge in [-0.05, 0) is 37.8 Å². The van der Waals surface area contributed by atoms with Crippen molar-refractivity contribution in [1.29, 1.82) is 0 Å². The first kappa shape index (κ1) is 19.2. The number of carbonyl (C=O) groups excluding carboxylic acids is 2. The van der Waals surface area contributed by atoms with Crippen molar-refractivity contribution in [2.45, 2.75) is 51.2 Å². The standard InChI is InChI=1S/C19H28N2O4/c1-14(21(13-22)16-10-6-7-11-17(16)25-2)18(23)19(24)20-12-15-8-4-3-5-9-15/h6-7,10-11,13-15,18,23H,3-5,8-9,12H2,1-2H3,(H,20,24). The van der Waals surface area contributed by atoms with E-state index in [4.69, 9.17) is 4.74 Å². The van der Waals surface area contributed by atoms with E-state index in [1.165, 1.54) is 31.3 Å². The lowest BCUT2D eigenvalue weighted by Crippen LogP contribution is -2.50. The molecule has 1 fully saturated rings. The molecule has 0 radical (unpaired) electrons. The van der Waals surface area contributed by atoms with Gasteiger partial charge in [0.25, 0.3) is 5.91 Å². The van der Waals surface area contributed by atoms with Gasteiger partial charge in [-0.1, -0.05) is 31.4 Å². The van der Waals surface area contributed by atoms with Crippen molar-refractivity contribution in [3.05, 3.63) is 24.3 Å². The fraction of sp³-hybridized carbons (Fsp3) is 0.579. The molecule has 2 unspecified atom stereocenters. The van der Waals surface area contributed by atoms with Crippen LogP contribution in [0.5, 0.6) is 5.75 Å². The average Bonchev–Trinajstić information content (AvgIpc) is 2.67. The van der Waals surface area contributed by atoms with Gasteiger partial charge < -0.3 is 20.1 Å². The van der Waals surface area contributed by atoms with E-state index < -0.39 is 18.1 Å². The van der Waals surface area contributed by atoms with E-state index >= 15 is 0 Å². The molecule has 2 rings (SSSR count). The summed E-state index contributed by atoms with van der Waals surface area (Å²) in [6.45, 7) is 2.23. The number of hydrogen-bond acceptors (Lipinski definition) is 4. The minimum absolute atomic E-state index is 0.445. The predicted octanol–water partition coefficient (Wildman–Crippen LogP) is 2.10. The molecular weight excluding hydrogens is 320 g/mol. The van der Waals surface area contributed by atoms with Gasteiger partial charge in [0.05, 0.1) is 18.8 Å². The van der Waals surface area contributed by atoms with Crippen LogP contribution in [0.4, 0.5) is 5.69 Å². The van der Waals surface area contributed by atoms with Crippen LogP contribution in [0.3, 0.4) is 0 Å². The molecule has 0 bridgehead atoms. The maximum Gasteiger partial charge on any atom is 0.251 e. The summed E-state index contributed by atoms with van der Waals surface area (Å²) in [5.74, 6) is 0.549. The molecule has 1 aromatic carbocycles. The maximum absolute atomic E-state index is 12.3. The Labute approximate surface area is 149 Å². The van der Waals surface area contributed by atoms with Gasteiger partial charge >= 0.3 is 0 Å². The molecule has 0 aliphatic heterocycles. The third kappa shape index (κ3) is 4.95. The van der Waals surface area contributed by atoms with Crippen LogP contribution in [-0.4, -0.2) is 43.2 Å². The number of hydrogen-bond donors (Lipinski definition) is 2. The minimum atomic E-state index is -1.31. The lowest BCUT2D eigenvalue weighted by atomic mass is 9.89. The molecule has 1 saturated carbocycles. The van der Waals surface area contributed by atoms with E-state index in [0.717, 1.165) is 12.8 Å². The SMILES string of the molecule is COc1ccccc1N(C=O)C(C)C(O)C(=O)NCC1CCCCC1. The number of rotatable bonds is 8. The van der Waals surface area contributed by atoms with Crippen molar-refractivity contribution < 1.29 is 19.4 Å². The van der Waals surface area contributed by atoms with Crippen LogP contribution in [0.1, 0.15) is 39.0 Å². The van der Waals surface area contributed by atoms with Crippen LogP contribution in [0, 0.1) is 5.92 Å². The Hall–Kier alpha value is -2.08. The molecule has 2 atom stereocenters. The summed E-state index contributed by atoms with van der Waals surface area (Å²) < 4.78 is 5.26. The molecule has 25 heavy (non-hydrogen) atoms. The predicted molar refractivity (Wildman–Crippen MR) is 96.6 cm³/mol. The van der Waals surface area contributed by atoms with Crippen molar-refractivity contribution in [2.75, 3.05) is 18.6 Å². The van der Waals surface area contributed by atoms with Crippen LogP contribution >= 0.6 is 0 Å². The number of carbonyl (C=O) groups is 2. The average molecular weight is 348 g/mol. The van der Waals surface area contributed by atoms with Crippen molar-refractivity contribution in [3.8, 4) is 5.75 Å². The third-order valence-corrected chi connectivity index (χ3v) is 4.93. The second-order valence-electron chi connectivity index (χ2n) is 6.62. The highest BCUT2D eigenvalue weighted by molar-refractivity contribution is 5.86. The van der Waals surface area contributed by atoms with Crippen LogP contribution in [0.2, 0.25) is 0 Å². The topological polar surface area (TPSA) is 78.9 Å². The zero-order valence-corrected chi connectivity index (χ0v) is 15.0. The van der Waals surface area contributed by atoms with Gasteiger partial charge in [0.2, 0.25) is 6.41 Å². The summed E-state index contributed by atoms with van der Waals surface area (Å²) in [5, 5.41) is 13.2. The van der Waals surface area contributed by atoms with Crippen LogP contribution in [0.25, 0.3) is 0 Å². The summed E-state index contributed by atoms with van der Waals surface area (Å²) >= 11 is 0. The highest BCUT2D eigenvalue weighted by Crippen LogP contribution is 2.29. The van der Waals surface area contributed by atoms with E-state index in [2.05, 4.69) is 5.32 Å². The molecule has 2 N–H and O–H groups in total. The molecule has 6 nitrogen and oxygen atoms in total. The summed E-state index contributed by atoms with van der Waals surface area (Å²) in [7, 11) is 1.51. The number of methoxy groups -OCH3 is 1. The number of benzene rings is 1. The molecule has 1 aliphatic carbocycles. The van der Waals surface area contributed by atoms with Crippen molar-refractivity contribution in [2.24, 2.45) is 5.92 Å². The number of aliphatic hydroxyl groups excluding tert-OH is 1. The Morgan fingerprint density at radius 3 is 2.68 bits per heavy atom. The minimum Gasteiger partial charge on any atom is -0.495 e. The highest BCUT2D eigenvalue weighted by atomic mass is 16.5. The Bertz CT molecular complexity index is 572. The lowest BCUT2D eigenvalue weighted by Gasteiger charge is -2.30. The zero-order valence-electron chi connectivity index (χ0n) is 15.0. The number of ether oxygens (including phenoxy) is 1. The monoisotopic (exact) mass is 348 g/mol. The molecule has 138 valence electrons. The molecule has 0 aromatic heterocycles. The number of nitrogens with zero attached hydrogens (tertiary/aromatic N) is 1. The highest BCUT2D eigenvalue weighted by Gasteiger charge is 2.29. The summed E-state index contributed by atoms with van der Waals surface area (Å²) in [5.41, 5.74) is 0.520.